The Labute approximate surface area is 311 Å². The van der Waals surface area contributed by atoms with Gasteiger partial charge >= 0.3 is 0 Å². The minimum Gasteiger partial charge on any atom is -0.324 e. The highest BCUT2D eigenvalue weighted by Crippen LogP contribution is 2.41. The van der Waals surface area contributed by atoms with E-state index in [1.165, 1.54) is 0 Å². The first kappa shape index (κ1) is 35.6. The summed E-state index contributed by atoms with van der Waals surface area (Å²) in [5.41, 5.74) is -0.884. The van der Waals surface area contributed by atoms with Crippen LogP contribution in [-0.4, -0.2) is 71.8 Å². The minimum absolute atomic E-state index is 0.128. The quantitative estimate of drug-likeness (QED) is 0.119. The molecule has 9 rings (SSSR count). The molecule has 0 amide bonds. The standard InChI is InChI=1S/C32H20N8O12S4/c41-53(42,43)21-19-20(22(54(44,45)46)24(56(50,51)52)23(21)55(47,48)49)32-39-30-18-12-6-4-10-16(18)28(37-30)35-26-14-8-2-1-7-13(14)25(33-26)34-27-15-9-3-5-11-17(15)29(36-27)38-31(19)40-32/h1-12H,(H,41,42,43)(H,44,45,46)(H,47,48,49)(H,50,51,52)(H4,33,34,35,36,37,38,39,40). The van der Waals surface area contributed by atoms with Gasteiger partial charge in [0.2, 0.25) is 0 Å². The second-order valence-corrected chi connectivity index (χ2v) is 17.8. The lowest BCUT2D eigenvalue weighted by atomic mass is 10.2. The summed E-state index contributed by atoms with van der Waals surface area (Å²) in [6, 6.07) is 20.2. The summed E-state index contributed by atoms with van der Waals surface area (Å²) < 4.78 is 146. The monoisotopic (exact) mass is 836 g/mol. The molecular weight excluding hydrogens is 817 g/mol. The minimum atomic E-state index is -6.23. The number of fused-ring (bicyclic) bond motifs is 20. The Hall–Kier alpha value is -6.12. The number of hydrogen-bond donors (Lipinski definition) is 8. The molecule has 1 aliphatic heterocycles. The largest absolute Gasteiger partial charge is 0.324 e. The molecule has 0 saturated heterocycles. The molecule has 4 aromatic heterocycles. The van der Waals surface area contributed by atoms with Crippen LogP contribution in [0, 0.1) is 0 Å². The molecule has 24 heteroatoms. The number of H-pyrrole nitrogens is 4. The van der Waals surface area contributed by atoms with Gasteiger partial charge in [-0.1, -0.05) is 72.8 Å². The van der Waals surface area contributed by atoms with Crippen LogP contribution in [0.5, 0.6) is 0 Å². The number of hydrogen-bond acceptors (Lipinski definition) is 12. The van der Waals surface area contributed by atoms with E-state index in [9.17, 15) is 51.9 Å². The van der Waals surface area contributed by atoms with E-state index in [1.54, 1.807) is 60.7 Å². The summed E-state index contributed by atoms with van der Waals surface area (Å²) in [5, 5.41) is 0.465. The maximum absolute atomic E-state index is 13.2. The van der Waals surface area contributed by atoms with Crippen molar-refractivity contribution in [1.82, 2.24) is 19.9 Å². The summed E-state index contributed by atoms with van der Waals surface area (Å²) in [6.45, 7) is 0. The van der Waals surface area contributed by atoms with Gasteiger partial charge in [-0.3, -0.25) is 18.2 Å². The summed E-state index contributed by atoms with van der Waals surface area (Å²) in [6.07, 6.45) is 0. The molecule has 0 fully saturated rings. The normalized spacial score (nSPS) is 13.8. The van der Waals surface area contributed by atoms with Crippen molar-refractivity contribution in [2.45, 2.75) is 19.6 Å². The van der Waals surface area contributed by atoms with Crippen molar-refractivity contribution in [2.24, 2.45) is 20.0 Å². The van der Waals surface area contributed by atoms with Crippen molar-refractivity contribution >= 4 is 107 Å². The molecule has 8 aromatic rings. The van der Waals surface area contributed by atoms with Gasteiger partial charge in [0.05, 0.1) is 10.8 Å². The Bertz CT molecular complexity index is 3590. The molecule has 284 valence electrons. The van der Waals surface area contributed by atoms with Crippen LogP contribution in [-0.2, 0) is 40.5 Å². The van der Waals surface area contributed by atoms with Crippen LogP contribution in [0.15, 0.2) is 112 Å². The van der Waals surface area contributed by atoms with Crippen molar-refractivity contribution in [3.05, 3.63) is 94.7 Å². The summed E-state index contributed by atoms with van der Waals surface area (Å²) in [4.78, 5) is 21.8. The predicted octanol–water partition coefficient (Wildman–Crippen LogP) is 2.72. The number of benzene rings is 4. The number of nitrogens with zero attached hydrogens (tertiary/aromatic N) is 4. The Kier molecular flexibility index (Phi) is 7.43. The zero-order chi connectivity index (χ0) is 39.7. The second kappa shape index (κ2) is 11.7. The Morgan fingerprint density at radius 2 is 0.589 bits per heavy atom. The molecule has 0 atom stereocenters. The number of rotatable bonds is 4. The van der Waals surface area contributed by atoms with Crippen LogP contribution in [0.1, 0.15) is 0 Å². The van der Waals surface area contributed by atoms with Crippen LogP contribution in [0.4, 0.5) is 23.3 Å². The van der Waals surface area contributed by atoms with E-state index in [2.05, 4.69) is 29.9 Å². The van der Waals surface area contributed by atoms with E-state index in [1.807, 2.05) is 12.1 Å². The van der Waals surface area contributed by atoms with Gasteiger partial charge < -0.3 is 19.9 Å². The van der Waals surface area contributed by atoms with E-state index in [0.717, 1.165) is 0 Å². The zero-order valence-electron chi connectivity index (χ0n) is 27.4. The van der Waals surface area contributed by atoms with Gasteiger partial charge in [0.15, 0.2) is 0 Å². The van der Waals surface area contributed by atoms with E-state index in [0.29, 0.717) is 43.3 Å². The first-order chi connectivity index (χ1) is 26.3. The average molecular weight is 837 g/mol. The third-order valence-corrected chi connectivity index (χ3v) is 13.1. The Morgan fingerprint density at radius 3 is 0.875 bits per heavy atom. The van der Waals surface area contributed by atoms with Crippen LogP contribution in [0.2, 0.25) is 0 Å². The molecule has 8 bridgehead atoms. The van der Waals surface area contributed by atoms with Crippen LogP contribution >= 0.6 is 0 Å². The lowest BCUT2D eigenvalue weighted by Gasteiger charge is -2.14. The molecule has 8 N–H and O–H groups in total. The van der Waals surface area contributed by atoms with Gasteiger partial charge in [-0.15, -0.1) is 0 Å². The lowest BCUT2D eigenvalue weighted by molar-refractivity contribution is 0.449. The highest BCUT2D eigenvalue weighted by atomic mass is 32.2. The van der Waals surface area contributed by atoms with E-state index in [4.69, 9.17) is 9.98 Å². The predicted molar refractivity (Wildman–Crippen MR) is 196 cm³/mol. The fourth-order valence-electron chi connectivity index (χ4n) is 6.88. The first-order valence-electron chi connectivity index (χ1n) is 15.7. The van der Waals surface area contributed by atoms with Crippen molar-refractivity contribution in [3.63, 3.8) is 0 Å². The Balaban J connectivity index is 1.64. The van der Waals surface area contributed by atoms with Gasteiger partial charge in [-0.2, -0.15) is 33.7 Å². The van der Waals surface area contributed by atoms with E-state index < -0.39 is 81.8 Å². The fourth-order valence-corrected chi connectivity index (χ4v) is 11.8. The molecule has 4 aromatic carbocycles. The first-order valence-corrected chi connectivity index (χ1v) is 21.4. The van der Waals surface area contributed by atoms with Gasteiger partial charge in [0, 0.05) is 32.3 Å². The maximum Gasteiger partial charge on any atom is 0.297 e. The summed E-state index contributed by atoms with van der Waals surface area (Å²) in [5.74, 6) is 0.103. The molecule has 56 heavy (non-hydrogen) atoms. The van der Waals surface area contributed by atoms with Crippen molar-refractivity contribution in [3.8, 4) is 0 Å². The third kappa shape index (κ3) is 5.46. The molecule has 20 nitrogen and oxygen atoms in total. The van der Waals surface area contributed by atoms with E-state index in [-0.39, 0.29) is 23.3 Å². The molecular formula is C32H20N8O12S4. The molecule has 5 heterocycles. The van der Waals surface area contributed by atoms with Crippen LogP contribution in [0.25, 0.3) is 43.1 Å². The van der Waals surface area contributed by atoms with Gasteiger partial charge in [0.1, 0.15) is 64.8 Å². The molecule has 0 saturated carbocycles. The summed E-state index contributed by atoms with van der Waals surface area (Å²) >= 11 is 0. The van der Waals surface area contributed by atoms with Crippen LogP contribution in [0.3, 0.4) is 0 Å². The van der Waals surface area contributed by atoms with Gasteiger partial charge in [-0.25, -0.2) is 20.0 Å². The number of aromatic nitrogens is 4. The molecule has 0 radical (unpaired) electrons. The highest BCUT2D eigenvalue weighted by molar-refractivity contribution is 7.91. The van der Waals surface area contributed by atoms with Crippen molar-refractivity contribution in [1.29, 1.82) is 0 Å². The topological polar surface area (TPSA) is 330 Å². The third-order valence-electron chi connectivity index (χ3n) is 8.98. The lowest BCUT2D eigenvalue weighted by Crippen LogP contribution is -2.21. The summed E-state index contributed by atoms with van der Waals surface area (Å²) in [7, 11) is -24.5. The zero-order valence-corrected chi connectivity index (χ0v) is 30.7. The van der Waals surface area contributed by atoms with Gasteiger partial charge in [0.25, 0.3) is 40.5 Å². The van der Waals surface area contributed by atoms with Crippen molar-refractivity contribution in [2.75, 3.05) is 0 Å². The smallest absolute Gasteiger partial charge is 0.297 e. The fraction of sp³-hybridized carbons (Fsp3) is 0. The average Bonchev–Trinajstić information content (AvgIpc) is 3.84. The highest BCUT2D eigenvalue weighted by Gasteiger charge is 2.43. The SMILES string of the molecule is O=S(=O)(O)c1c(S(=O)(=O)O)c(S(=O)(=O)O)c2c3[nH]c(c2c1S(=O)(=O)O)=Nc1[nH]c(c2ccccc12)N=c1[nH]c(c2ccccc12)=Nc1[nH]c(c2ccccc12)N=3. The van der Waals surface area contributed by atoms with Gasteiger partial charge in [-0.05, 0) is 0 Å². The van der Waals surface area contributed by atoms with Crippen LogP contribution < -0.4 is 22.0 Å². The number of nitrogens with one attached hydrogen (secondary N) is 4. The molecule has 0 unspecified atom stereocenters. The van der Waals surface area contributed by atoms with E-state index >= 15 is 0 Å². The maximum atomic E-state index is 13.2. The van der Waals surface area contributed by atoms with Crippen molar-refractivity contribution < 1.29 is 51.9 Å². The Morgan fingerprint density at radius 1 is 0.339 bits per heavy atom. The molecule has 0 spiro atoms. The molecule has 1 aliphatic rings. The molecule has 0 aliphatic carbocycles. The number of aromatic amines is 4. The second-order valence-electron chi connectivity index (χ2n) is 12.3.